The molecule has 1 atom stereocenters. The molecule has 0 rings (SSSR count). The Morgan fingerprint density at radius 1 is 1.07 bits per heavy atom. The maximum atomic E-state index is 2.33. The zero-order valence-electron chi connectivity index (χ0n) is 11.6. The van der Waals surface area contributed by atoms with E-state index in [1.54, 1.807) is 0 Å². The summed E-state index contributed by atoms with van der Waals surface area (Å²) in [7, 11) is 0. The average Bonchev–Trinajstić information content (AvgIpc) is 2.08. The lowest BCUT2D eigenvalue weighted by molar-refractivity contribution is 0.343. The van der Waals surface area contributed by atoms with E-state index in [2.05, 4.69) is 60.6 Å². The van der Waals surface area contributed by atoms with Gasteiger partial charge in [0.05, 0.1) is 0 Å². The highest BCUT2D eigenvalue weighted by atomic mass is 14.2. The van der Waals surface area contributed by atoms with Crippen molar-refractivity contribution in [3.8, 4) is 0 Å². The van der Waals surface area contributed by atoms with Crippen molar-refractivity contribution in [3.05, 3.63) is 23.3 Å². The Labute approximate surface area is 96.5 Å². The van der Waals surface area contributed by atoms with Crippen molar-refractivity contribution in [1.29, 1.82) is 0 Å². The molecule has 0 aromatic carbocycles. The summed E-state index contributed by atoms with van der Waals surface area (Å²) < 4.78 is 0. The molecule has 0 aliphatic rings. The minimum atomic E-state index is 0.463. The summed E-state index contributed by atoms with van der Waals surface area (Å²) in [4.78, 5) is 0. The Morgan fingerprint density at radius 3 is 2.00 bits per heavy atom. The third kappa shape index (κ3) is 8.47. The highest BCUT2D eigenvalue weighted by molar-refractivity contribution is 5.15. The lowest BCUT2D eigenvalue weighted by atomic mass is 9.85. The SMILES string of the molecule is CC(C)=C/C=C(\C)C(C)CCC(C)(C)C. The van der Waals surface area contributed by atoms with Crippen LogP contribution in [0.2, 0.25) is 0 Å². The van der Waals surface area contributed by atoms with E-state index >= 15 is 0 Å². The van der Waals surface area contributed by atoms with Crippen LogP contribution >= 0.6 is 0 Å². The first-order valence-electron chi connectivity index (χ1n) is 6.04. The molecule has 0 saturated heterocycles. The zero-order chi connectivity index (χ0) is 12.1. The second-order valence-corrected chi connectivity index (χ2v) is 6.16. The van der Waals surface area contributed by atoms with Gasteiger partial charge in [-0.25, -0.2) is 0 Å². The first kappa shape index (κ1) is 14.5. The summed E-state index contributed by atoms with van der Waals surface area (Å²) in [5.74, 6) is 0.708. The van der Waals surface area contributed by atoms with Crippen molar-refractivity contribution in [2.45, 2.75) is 61.3 Å². The van der Waals surface area contributed by atoms with E-state index in [0.717, 1.165) is 0 Å². The summed E-state index contributed by atoms with van der Waals surface area (Å²) in [6.07, 6.45) is 7.07. The Balaban J connectivity index is 4.16. The van der Waals surface area contributed by atoms with Gasteiger partial charge in [-0.3, -0.25) is 0 Å². The van der Waals surface area contributed by atoms with Gasteiger partial charge in [-0.05, 0) is 44.9 Å². The van der Waals surface area contributed by atoms with Crippen LogP contribution in [0.4, 0.5) is 0 Å². The molecule has 0 saturated carbocycles. The van der Waals surface area contributed by atoms with E-state index in [0.29, 0.717) is 11.3 Å². The van der Waals surface area contributed by atoms with Crippen molar-refractivity contribution < 1.29 is 0 Å². The molecule has 0 spiro atoms. The van der Waals surface area contributed by atoms with Gasteiger partial charge in [0.1, 0.15) is 0 Å². The lowest BCUT2D eigenvalue weighted by Gasteiger charge is -2.21. The first-order valence-corrected chi connectivity index (χ1v) is 6.04. The monoisotopic (exact) mass is 208 g/mol. The van der Waals surface area contributed by atoms with Gasteiger partial charge in [0.15, 0.2) is 0 Å². The standard InChI is InChI=1S/C15H28/c1-12(2)8-9-13(3)14(4)10-11-15(5,6)7/h8-9,14H,10-11H2,1-7H3/b13-9+. The number of allylic oxidation sites excluding steroid dienone is 4. The van der Waals surface area contributed by atoms with E-state index < -0.39 is 0 Å². The van der Waals surface area contributed by atoms with Crippen LogP contribution in [0.15, 0.2) is 23.3 Å². The maximum Gasteiger partial charge on any atom is -0.0231 e. The molecule has 0 N–H and O–H groups in total. The molecule has 0 heterocycles. The molecule has 0 nitrogen and oxygen atoms in total. The fourth-order valence-corrected chi connectivity index (χ4v) is 1.34. The van der Waals surface area contributed by atoms with Crippen LogP contribution in [0.5, 0.6) is 0 Å². The normalized spacial score (nSPS) is 15.0. The molecule has 0 heteroatoms. The molecule has 0 fully saturated rings. The average molecular weight is 208 g/mol. The summed E-state index contributed by atoms with van der Waals surface area (Å²) in [6.45, 7) is 15.8. The van der Waals surface area contributed by atoms with Crippen LogP contribution in [0.25, 0.3) is 0 Å². The lowest BCUT2D eigenvalue weighted by Crippen LogP contribution is -2.08. The molecule has 0 amide bonds. The zero-order valence-corrected chi connectivity index (χ0v) is 11.6. The quantitative estimate of drug-likeness (QED) is 0.545. The van der Waals surface area contributed by atoms with Crippen LogP contribution in [0.3, 0.4) is 0 Å². The molecular weight excluding hydrogens is 180 g/mol. The van der Waals surface area contributed by atoms with E-state index in [1.165, 1.54) is 24.0 Å². The fraction of sp³-hybridized carbons (Fsp3) is 0.733. The number of hydrogen-bond donors (Lipinski definition) is 0. The summed E-state index contributed by atoms with van der Waals surface area (Å²) in [6, 6.07) is 0. The maximum absolute atomic E-state index is 2.33. The van der Waals surface area contributed by atoms with Crippen molar-refractivity contribution >= 4 is 0 Å². The molecular formula is C15H28. The van der Waals surface area contributed by atoms with Gasteiger partial charge in [-0.1, -0.05) is 51.0 Å². The molecule has 0 aromatic heterocycles. The third-order valence-electron chi connectivity index (χ3n) is 2.78. The smallest absolute Gasteiger partial charge is 0.0231 e. The molecule has 0 aliphatic heterocycles. The molecule has 1 unspecified atom stereocenters. The Morgan fingerprint density at radius 2 is 1.60 bits per heavy atom. The van der Waals surface area contributed by atoms with Crippen LogP contribution in [-0.4, -0.2) is 0 Å². The Kier molecular flexibility index (Phi) is 5.93. The van der Waals surface area contributed by atoms with Crippen LogP contribution in [0, 0.1) is 11.3 Å². The molecule has 15 heavy (non-hydrogen) atoms. The fourth-order valence-electron chi connectivity index (χ4n) is 1.34. The summed E-state index contributed by atoms with van der Waals surface area (Å²) in [5.41, 5.74) is 3.34. The highest BCUT2D eigenvalue weighted by Gasteiger charge is 2.12. The van der Waals surface area contributed by atoms with E-state index in [-0.39, 0.29) is 0 Å². The van der Waals surface area contributed by atoms with Crippen molar-refractivity contribution in [3.63, 3.8) is 0 Å². The van der Waals surface area contributed by atoms with Crippen LogP contribution in [-0.2, 0) is 0 Å². The van der Waals surface area contributed by atoms with Gasteiger partial charge in [-0.15, -0.1) is 0 Å². The largest absolute Gasteiger partial charge is 0.0764 e. The number of rotatable bonds is 4. The first-order chi connectivity index (χ1) is 6.72. The highest BCUT2D eigenvalue weighted by Crippen LogP contribution is 2.26. The second kappa shape index (κ2) is 6.15. The predicted octanol–water partition coefficient (Wildman–Crippen LogP) is 5.36. The van der Waals surface area contributed by atoms with Crippen LogP contribution < -0.4 is 0 Å². The van der Waals surface area contributed by atoms with Gasteiger partial charge in [0, 0.05) is 0 Å². The minimum Gasteiger partial charge on any atom is -0.0764 e. The van der Waals surface area contributed by atoms with Gasteiger partial charge in [0.2, 0.25) is 0 Å². The van der Waals surface area contributed by atoms with Crippen LogP contribution in [0.1, 0.15) is 61.3 Å². The Bertz CT molecular complexity index is 231. The second-order valence-electron chi connectivity index (χ2n) is 6.16. The predicted molar refractivity (Wildman–Crippen MR) is 71.0 cm³/mol. The van der Waals surface area contributed by atoms with Gasteiger partial charge < -0.3 is 0 Å². The van der Waals surface area contributed by atoms with Gasteiger partial charge >= 0.3 is 0 Å². The molecule has 0 bridgehead atoms. The van der Waals surface area contributed by atoms with E-state index in [9.17, 15) is 0 Å². The Hall–Kier alpha value is -0.520. The van der Waals surface area contributed by atoms with E-state index in [4.69, 9.17) is 0 Å². The van der Waals surface area contributed by atoms with Gasteiger partial charge in [-0.2, -0.15) is 0 Å². The summed E-state index contributed by atoms with van der Waals surface area (Å²) >= 11 is 0. The molecule has 88 valence electrons. The summed E-state index contributed by atoms with van der Waals surface area (Å²) in [5, 5.41) is 0. The van der Waals surface area contributed by atoms with Crippen molar-refractivity contribution in [2.75, 3.05) is 0 Å². The van der Waals surface area contributed by atoms with Crippen molar-refractivity contribution in [2.24, 2.45) is 11.3 Å². The molecule has 0 aromatic rings. The van der Waals surface area contributed by atoms with Gasteiger partial charge in [0.25, 0.3) is 0 Å². The topological polar surface area (TPSA) is 0 Å². The third-order valence-corrected chi connectivity index (χ3v) is 2.78. The number of hydrogen-bond acceptors (Lipinski definition) is 0. The van der Waals surface area contributed by atoms with E-state index in [1.807, 2.05) is 0 Å². The van der Waals surface area contributed by atoms with Crippen molar-refractivity contribution in [1.82, 2.24) is 0 Å². The molecule has 0 aliphatic carbocycles. The molecule has 0 radical (unpaired) electrons. The minimum absolute atomic E-state index is 0.463.